The van der Waals surface area contributed by atoms with E-state index in [2.05, 4.69) is 5.32 Å². The van der Waals surface area contributed by atoms with Crippen LogP contribution in [0.3, 0.4) is 0 Å². The molecule has 0 unspecified atom stereocenters. The van der Waals surface area contributed by atoms with Gasteiger partial charge in [-0.15, -0.1) is 0 Å². The molecule has 0 saturated heterocycles. The summed E-state index contributed by atoms with van der Waals surface area (Å²) in [6.45, 7) is 0. The van der Waals surface area contributed by atoms with Crippen LogP contribution in [0.2, 0.25) is 0 Å². The van der Waals surface area contributed by atoms with Crippen LogP contribution in [-0.2, 0) is 11.2 Å². The number of carbonyl (C=O) groups excluding carboxylic acids is 1. The third-order valence-electron chi connectivity index (χ3n) is 3.01. The molecule has 1 N–H and O–H groups in total. The van der Waals surface area contributed by atoms with Gasteiger partial charge in [0.15, 0.2) is 0 Å². The van der Waals surface area contributed by atoms with E-state index in [1.807, 2.05) is 0 Å². The highest BCUT2D eigenvalue weighted by molar-refractivity contribution is 5.91. The van der Waals surface area contributed by atoms with Gasteiger partial charge in [0.25, 0.3) is 5.69 Å². The van der Waals surface area contributed by atoms with Crippen molar-refractivity contribution in [3.05, 3.63) is 69.8 Å². The number of carbonyl (C=O) groups is 1. The molecule has 114 valence electrons. The maximum atomic E-state index is 13.5. The second-order valence-electron chi connectivity index (χ2n) is 4.56. The molecule has 0 aliphatic carbocycles. The Bertz CT molecular complexity index is 720. The number of anilines is 1. The second-order valence-corrected chi connectivity index (χ2v) is 4.56. The highest BCUT2D eigenvalue weighted by atomic mass is 19.1. The monoisotopic (exact) mass is 306 g/mol. The second kappa shape index (κ2) is 6.75. The Labute approximate surface area is 124 Å². The third-order valence-corrected chi connectivity index (χ3v) is 3.01. The quantitative estimate of drug-likeness (QED) is 0.679. The van der Waals surface area contributed by atoms with E-state index in [-0.39, 0.29) is 24.2 Å². The number of nitrogens with one attached hydrogen (secondary N) is 1. The van der Waals surface area contributed by atoms with Crippen molar-refractivity contribution in [1.82, 2.24) is 0 Å². The zero-order chi connectivity index (χ0) is 16.1. The molecular formula is C15H12F2N2O3. The van der Waals surface area contributed by atoms with Gasteiger partial charge in [0, 0.05) is 18.6 Å². The number of amides is 1. The van der Waals surface area contributed by atoms with Crippen LogP contribution >= 0.6 is 0 Å². The molecule has 0 heterocycles. The number of aryl methyl sites for hydroxylation is 1. The molecule has 0 bridgehead atoms. The number of nitro groups is 1. The molecule has 0 fully saturated rings. The van der Waals surface area contributed by atoms with Gasteiger partial charge >= 0.3 is 0 Å². The van der Waals surface area contributed by atoms with Gasteiger partial charge in [0.05, 0.1) is 10.6 Å². The van der Waals surface area contributed by atoms with Crippen LogP contribution in [0, 0.1) is 21.7 Å². The molecule has 0 aliphatic heterocycles. The van der Waals surface area contributed by atoms with Crippen molar-refractivity contribution in [2.45, 2.75) is 12.8 Å². The van der Waals surface area contributed by atoms with Crippen LogP contribution in [0.4, 0.5) is 20.2 Å². The summed E-state index contributed by atoms with van der Waals surface area (Å²) in [6, 6.07) is 8.88. The van der Waals surface area contributed by atoms with E-state index < -0.39 is 22.5 Å². The van der Waals surface area contributed by atoms with Gasteiger partial charge in [0.2, 0.25) is 5.91 Å². The molecule has 0 spiro atoms. The van der Waals surface area contributed by atoms with Crippen LogP contribution in [0.5, 0.6) is 0 Å². The molecule has 0 radical (unpaired) electrons. The van der Waals surface area contributed by atoms with Gasteiger partial charge in [-0.05, 0) is 24.1 Å². The van der Waals surface area contributed by atoms with E-state index in [1.54, 1.807) is 12.1 Å². The molecule has 22 heavy (non-hydrogen) atoms. The lowest BCUT2D eigenvalue weighted by molar-refractivity contribution is -0.384. The zero-order valence-electron chi connectivity index (χ0n) is 11.4. The average molecular weight is 306 g/mol. The molecule has 5 nitrogen and oxygen atoms in total. The van der Waals surface area contributed by atoms with Crippen LogP contribution in [-0.4, -0.2) is 10.8 Å². The number of halogens is 2. The number of nitrogens with zero attached hydrogens (tertiary/aromatic N) is 1. The fourth-order valence-electron chi connectivity index (χ4n) is 1.88. The summed E-state index contributed by atoms with van der Waals surface area (Å²) in [4.78, 5) is 21.7. The summed E-state index contributed by atoms with van der Waals surface area (Å²) in [7, 11) is 0. The Kier molecular flexibility index (Phi) is 4.77. The van der Waals surface area contributed by atoms with Crippen molar-refractivity contribution in [1.29, 1.82) is 0 Å². The molecule has 2 rings (SSSR count). The first-order valence-corrected chi connectivity index (χ1v) is 6.44. The molecule has 2 aromatic rings. The van der Waals surface area contributed by atoms with E-state index in [0.29, 0.717) is 5.56 Å². The number of non-ortho nitro benzene ring substituents is 1. The van der Waals surface area contributed by atoms with E-state index in [0.717, 1.165) is 18.2 Å². The van der Waals surface area contributed by atoms with Gasteiger partial charge in [-0.3, -0.25) is 14.9 Å². The lowest BCUT2D eigenvalue weighted by Crippen LogP contribution is -2.14. The standard InChI is InChI=1S/C15H12F2N2O3/c16-12-4-2-1-3-10(12)5-8-15(20)18-14-9-11(19(21)22)6-7-13(14)17/h1-4,6-7,9H,5,8H2,(H,18,20). The topological polar surface area (TPSA) is 72.2 Å². The maximum Gasteiger partial charge on any atom is 0.271 e. The Morgan fingerprint density at radius 1 is 1.14 bits per heavy atom. The van der Waals surface area contributed by atoms with E-state index in [4.69, 9.17) is 0 Å². The van der Waals surface area contributed by atoms with Crippen molar-refractivity contribution in [3.8, 4) is 0 Å². The number of hydrogen-bond acceptors (Lipinski definition) is 3. The van der Waals surface area contributed by atoms with Gasteiger partial charge in [0.1, 0.15) is 11.6 Å². The lowest BCUT2D eigenvalue weighted by Gasteiger charge is -2.07. The van der Waals surface area contributed by atoms with Crippen molar-refractivity contribution < 1.29 is 18.5 Å². The fraction of sp³-hybridized carbons (Fsp3) is 0.133. The number of hydrogen-bond donors (Lipinski definition) is 1. The Hall–Kier alpha value is -2.83. The van der Waals surface area contributed by atoms with E-state index in [1.165, 1.54) is 12.1 Å². The molecule has 0 aromatic heterocycles. The number of benzene rings is 2. The third kappa shape index (κ3) is 3.85. The maximum absolute atomic E-state index is 13.5. The first-order chi connectivity index (χ1) is 10.5. The number of nitro benzene ring substituents is 1. The molecule has 0 atom stereocenters. The molecule has 0 aliphatic rings. The Morgan fingerprint density at radius 2 is 1.86 bits per heavy atom. The fourth-order valence-corrected chi connectivity index (χ4v) is 1.88. The van der Waals surface area contributed by atoms with Crippen LogP contribution in [0.15, 0.2) is 42.5 Å². The van der Waals surface area contributed by atoms with Crippen LogP contribution < -0.4 is 5.32 Å². The highest BCUT2D eigenvalue weighted by Crippen LogP contribution is 2.21. The van der Waals surface area contributed by atoms with Crippen molar-refractivity contribution in [3.63, 3.8) is 0 Å². The van der Waals surface area contributed by atoms with Crippen LogP contribution in [0.1, 0.15) is 12.0 Å². The number of rotatable bonds is 5. The summed E-state index contributed by atoms with van der Waals surface area (Å²) >= 11 is 0. The van der Waals surface area contributed by atoms with Crippen molar-refractivity contribution in [2.75, 3.05) is 5.32 Å². The van der Waals surface area contributed by atoms with Crippen LogP contribution in [0.25, 0.3) is 0 Å². The van der Waals surface area contributed by atoms with Gasteiger partial charge in [-0.25, -0.2) is 8.78 Å². The smallest absolute Gasteiger partial charge is 0.271 e. The minimum Gasteiger partial charge on any atom is -0.323 e. The summed E-state index contributed by atoms with van der Waals surface area (Å²) in [6.07, 6.45) is 0.0815. The first kappa shape index (κ1) is 15.6. The molecule has 1 amide bonds. The Morgan fingerprint density at radius 3 is 2.55 bits per heavy atom. The highest BCUT2D eigenvalue weighted by Gasteiger charge is 2.13. The minimum absolute atomic E-state index is 0.0664. The molecule has 2 aromatic carbocycles. The largest absolute Gasteiger partial charge is 0.323 e. The molecular weight excluding hydrogens is 294 g/mol. The SMILES string of the molecule is O=C(CCc1ccccc1F)Nc1cc([N+](=O)[O-])ccc1F. The minimum atomic E-state index is -0.773. The van der Waals surface area contributed by atoms with Gasteiger partial charge in [-0.2, -0.15) is 0 Å². The summed E-state index contributed by atoms with van der Waals surface area (Å²) in [5.74, 6) is -1.75. The predicted octanol–water partition coefficient (Wildman–Crippen LogP) is 3.44. The normalized spacial score (nSPS) is 10.3. The molecule has 0 saturated carbocycles. The summed E-state index contributed by atoms with van der Waals surface area (Å²) in [5.41, 5.74) is -0.226. The van der Waals surface area contributed by atoms with Crippen molar-refractivity contribution >= 4 is 17.3 Å². The zero-order valence-corrected chi connectivity index (χ0v) is 11.4. The van der Waals surface area contributed by atoms with Crippen molar-refractivity contribution in [2.24, 2.45) is 0 Å². The van der Waals surface area contributed by atoms with Gasteiger partial charge in [-0.1, -0.05) is 18.2 Å². The van der Waals surface area contributed by atoms with Gasteiger partial charge < -0.3 is 5.32 Å². The first-order valence-electron chi connectivity index (χ1n) is 6.44. The van der Waals surface area contributed by atoms with E-state index in [9.17, 15) is 23.7 Å². The molecule has 7 heteroatoms. The average Bonchev–Trinajstić information content (AvgIpc) is 2.48. The lowest BCUT2D eigenvalue weighted by atomic mass is 10.1. The summed E-state index contributed by atoms with van der Waals surface area (Å²) < 4.78 is 26.9. The summed E-state index contributed by atoms with van der Waals surface area (Å²) in [5, 5.41) is 12.9. The van der Waals surface area contributed by atoms with E-state index >= 15 is 0 Å². The Balaban J connectivity index is 2.02. The predicted molar refractivity (Wildman–Crippen MR) is 76.4 cm³/mol.